The zero-order valence-electron chi connectivity index (χ0n) is 14.2. The van der Waals surface area contributed by atoms with Crippen molar-refractivity contribution in [3.63, 3.8) is 0 Å². The van der Waals surface area contributed by atoms with Gasteiger partial charge in [0.15, 0.2) is 11.5 Å². The van der Waals surface area contributed by atoms with Gasteiger partial charge in [-0.3, -0.25) is 0 Å². The molecule has 0 spiro atoms. The van der Waals surface area contributed by atoms with Crippen LogP contribution in [-0.4, -0.2) is 27.7 Å². The maximum atomic E-state index is 12.7. The number of nitrogens with one attached hydrogen (secondary N) is 1. The van der Waals surface area contributed by atoms with Gasteiger partial charge in [0.2, 0.25) is 10.0 Å². The Bertz CT molecular complexity index is 615. The topological polar surface area (TPSA) is 64.6 Å². The van der Waals surface area contributed by atoms with Crippen molar-refractivity contribution in [2.24, 2.45) is 5.92 Å². The number of ether oxygens (including phenoxy) is 2. The molecule has 1 N–H and O–H groups in total. The number of rotatable bonds is 7. The number of hydrogen-bond acceptors (Lipinski definition) is 4. The van der Waals surface area contributed by atoms with Crippen molar-refractivity contribution in [2.45, 2.75) is 57.4 Å². The van der Waals surface area contributed by atoms with E-state index in [4.69, 9.17) is 9.47 Å². The lowest BCUT2D eigenvalue weighted by Gasteiger charge is -2.29. The molecule has 2 atom stereocenters. The van der Waals surface area contributed by atoms with Crippen LogP contribution in [0.4, 0.5) is 0 Å². The summed E-state index contributed by atoms with van der Waals surface area (Å²) in [6, 6.07) is 4.79. The zero-order chi connectivity index (χ0) is 16.9. The van der Waals surface area contributed by atoms with Gasteiger partial charge in [-0.15, -0.1) is 0 Å². The molecule has 0 unspecified atom stereocenters. The summed E-state index contributed by atoms with van der Waals surface area (Å²) in [5.41, 5.74) is 0. The van der Waals surface area contributed by atoms with E-state index in [1.54, 1.807) is 18.2 Å². The number of sulfonamides is 1. The molecule has 23 heavy (non-hydrogen) atoms. The van der Waals surface area contributed by atoms with Crippen LogP contribution in [0, 0.1) is 5.92 Å². The minimum Gasteiger partial charge on any atom is -0.490 e. The molecule has 0 radical (unpaired) electrons. The molecule has 6 heteroatoms. The first-order valence-electron chi connectivity index (χ1n) is 8.40. The molecule has 1 aromatic carbocycles. The Balaban J connectivity index is 2.22. The summed E-state index contributed by atoms with van der Waals surface area (Å²) in [5.74, 6) is 1.40. The van der Waals surface area contributed by atoms with E-state index in [1.807, 2.05) is 13.8 Å². The van der Waals surface area contributed by atoms with E-state index in [9.17, 15) is 8.42 Å². The zero-order valence-corrected chi connectivity index (χ0v) is 15.0. The van der Waals surface area contributed by atoms with Gasteiger partial charge in [0.25, 0.3) is 0 Å². The van der Waals surface area contributed by atoms with Crippen LogP contribution in [0.1, 0.15) is 46.5 Å². The average molecular weight is 341 g/mol. The Labute approximate surface area is 139 Å². The smallest absolute Gasteiger partial charge is 0.240 e. The van der Waals surface area contributed by atoms with Gasteiger partial charge in [0.1, 0.15) is 0 Å². The van der Waals surface area contributed by atoms with Gasteiger partial charge in [-0.2, -0.15) is 0 Å². The molecule has 0 saturated heterocycles. The second kappa shape index (κ2) is 8.02. The average Bonchev–Trinajstić information content (AvgIpc) is 2.51. The largest absolute Gasteiger partial charge is 0.490 e. The lowest BCUT2D eigenvalue weighted by Crippen LogP contribution is -2.40. The van der Waals surface area contributed by atoms with Crippen molar-refractivity contribution in [3.05, 3.63) is 18.2 Å². The van der Waals surface area contributed by atoms with Crippen LogP contribution in [0.15, 0.2) is 23.1 Å². The Kier molecular flexibility index (Phi) is 6.30. The first-order chi connectivity index (χ1) is 11.0. The van der Waals surface area contributed by atoms with Crippen molar-refractivity contribution in [3.8, 4) is 11.5 Å². The molecule has 0 aromatic heterocycles. The SMILES string of the molecule is CCOc1ccc(S(=O)(=O)N[C@H]2CCCC[C@@H]2C)cc1OCC. The van der Waals surface area contributed by atoms with E-state index in [0.29, 0.717) is 30.6 Å². The maximum absolute atomic E-state index is 12.7. The van der Waals surface area contributed by atoms with Gasteiger partial charge in [-0.05, 0) is 44.7 Å². The Morgan fingerprint density at radius 1 is 1.09 bits per heavy atom. The summed E-state index contributed by atoms with van der Waals surface area (Å²) < 4.78 is 39.2. The summed E-state index contributed by atoms with van der Waals surface area (Å²) >= 11 is 0. The molecule has 0 bridgehead atoms. The van der Waals surface area contributed by atoms with E-state index < -0.39 is 10.0 Å². The first kappa shape index (κ1) is 18.1. The van der Waals surface area contributed by atoms with Crippen molar-refractivity contribution >= 4 is 10.0 Å². The monoisotopic (exact) mass is 341 g/mol. The first-order valence-corrected chi connectivity index (χ1v) is 9.88. The predicted octanol–water partition coefficient (Wildman–Crippen LogP) is 3.34. The predicted molar refractivity (Wildman–Crippen MR) is 90.5 cm³/mol. The molecule has 1 aliphatic carbocycles. The lowest BCUT2D eigenvalue weighted by molar-refractivity contribution is 0.287. The highest BCUT2D eigenvalue weighted by Crippen LogP contribution is 2.31. The summed E-state index contributed by atoms with van der Waals surface area (Å²) in [5, 5.41) is 0. The molecular formula is C17H27NO4S. The third-order valence-corrected chi connectivity index (χ3v) is 5.73. The fourth-order valence-corrected chi connectivity index (χ4v) is 4.35. The van der Waals surface area contributed by atoms with Crippen LogP contribution in [0.3, 0.4) is 0 Å². The molecular weight excluding hydrogens is 314 g/mol. The third kappa shape index (κ3) is 4.61. The molecule has 1 fully saturated rings. The van der Waals surface area contributed by atoms with Gasteiger partial charge in [-0.1, -0.05) is 19.8 Å². The van der Waals surface area contributed by atoms with Gasteiger partial charge < -0.3 is 9.47 Å². The van der Waals surface area contributed by atoms with Crippen LogP contribution in [0.25, 0.3) is 0 Å². The second-order valence-corrected chi connectivity index (χ2v) is 7.68. The minimum absolute atomic E-state index is 0.0101. The maximum Gasteiger partial charge on any atom is 0.240 e. The standard InChI is InChI=1S/C17H27NO4S/c1-4-21-16-11-10-14(12-17(16)22-5-2)23(19,20)18-15-9-7-6-8-13(15)3/h10-13,15,18H,4-9H2,1-3H3/t13-,15-/m0/s1. The Morgan fingerprint density at radius 2 is 1.74 bits per heavy atom. The van der Waals surface area contributed by atoms with Crippen LogP contribution in [0.5, 0.6) is 11.5 Å². The molecule has 0 amide bonds. The summed E-state index contributed by atoms with van der Waals surface area (Å²) in [7, 11) is -3.55. The van der Waals surface area contributed by atoms with Crippen molar-refractivity contribution in [1.29, 1.82) is 0 Å². The quantitative estimate of drug-likeness (QED) is 0.826. The van der Waals surface area contributed by atoms with E-state index in [1.165, 1.54) is 6.42 Å². The van der Waals surface area contributed by atoms with Crippen molar-refractivity contribution in [1.82, 2.24) is 4.72 Å². The Hall–Kier alpha value is -1.27. The van der Waals surface area contributed by atoms with E-state index in [2.05, 4.69) is 11.6 Å². The minimum atomic E-state index is -3.55. The lowest BCUT2D eigenvalue weighted by atomic mass is 9.87. The van der Waals surface area contributed by atoms with Crippen LogP contribution < -0.4 is 14.2 Å². The van der Waals surface area contributed by atoms with Gasteiger partial charge in [0, 0.05) is 12.1 Å². The van der Waals surface area contributed by atoms with Crippen molar-refractivity contribution in [2.75, 3.05) is 13.2 Å². The molecule has 0 heterocycles. The second-order valence-electron chi connectivity index (χ2n) is 5.96. The summed E-state index contributed by atoms with van der Waals surface area (Å²) in [4.78, 5) is 0.224. The van der Waals surface area contributed by atoms with Crippen LogP contribution in [0.2, 0.25) is 0 Å². The molecule has 1 aliphatic rings. The normalized spacial score (nSPS) is 21.9. The summed E-state index contributed by atoms with van der Waals surface area (Å²) in [6.45, 7) is 6.81. The summed E-state index contributed by atoms with van der Waals surface area (Å²) in [6.07, 6.45) is 4.22. The van der Waals surface area contributed by atoms with Gasteiger partial charge in [-0.25, -0.2) is 13.1 Å². The highest BCUT2D eigenvalue weighted by molar-refractivity contribution is 7.89. The van der Waals surface area contributed by atoms with Gasteiger partial charge >= 0.3 is 0 Å². The molecule has 1 aromatic rings. The molecule has 130 valence electrons. The fraction of sp³-hybridized carbons (Fsp3) is 0.647. The van der Waals surface area contributed by atoms with E-state index >= 15 is 0 Å². The number of hydrogen-bond donors (Lipinski definition) is 1. The molecule has 1 saturated carbocycles. The fourth-order valence-electron chi connectivity index (χ4n) is 2.96. The van der Waals surface area contributed by atoms with Gasteiger partial charge in [0.05, 0.1) is 18.1 Å². The van der Waals surface area contributed by atoms with E-state index in [-0.39, 0.29) is 10.9 Å². The molecule has 5 nitrogen and oxygen atoms in total. The Morgan fingerprint density at radius 3 is 2.39 bits per heavy atom. The highest BCUT2D eigenvalue weighted by Gasteiger charge is 2.27. The van der Waals surface area contributed by atoms with Crippen molar-refractivity contribution < 1.29 is 17.9 Å². The number of benzene rings is 1. The van der Waals surface area contributed by atoms with E-state index in [0.717, 1.165) is 19.3 Å². The molecule has 0 aliphatic heterocycles. The van der Waals surface area contributed by atoms with Crippen LogP contribution in [-0.2, 0) is 10.0 Å². The molecule has 2 rings (SSSR count). The van der Waals surface area contributed by atoms with Crippen LogP contribution >= 0.6 is 0 Å². The highest BCUT2D eigenvalue weighted by atomic mass is 32.2. The third-order valence-electron chi connectivity index (χ3n) is 4.24.